The molecular formula is C17H16ClN5O. The molecule has 1 atom stereocenters. The molecule has 1 aromatic carbocycles. The Kier molecular flexibility index (Phi) is 4.63. The van der Waals surface area contributed by atoms with Gasteiger partial charge in [0.15, 0.2) is 17.6 Å². The number of nitrogens with zero attached hydrogens (tertiary/aromatic N) is 5. The van der Waals surface area contributed by atoms with Crippen LogP contribution >= 0.6 is 11.6 Å². The van der Waals surface area contributed by atoms with Gasteiger partial charge < -0.3 is 4.74 Å². The molecule has 0 aliphatic rings. The lowest BCUT2D eigenvalue weighted by Crippen LogP contribution is -2.12. The van der Waals surface area contributed by atoms with Crippen LogP contribution in [0.25, 0.3) is 11.0 Å². The second-order valence-electron chi connectivity index (χ2n) is 5.42. The van der Waals surface area contributed by atoms with Gasteiger partial charge in [0.25, 0.3) is 0 Å². The van der Waals surface area contributed by atoms with Crippen molar-refractivity contribution in [1.29, 1.82) is 5.26 Å². The summed E-state index contributed by atoms with van der Waals surface area (Å²) in [5.41, 5.74) is 1.18. The van der Waals surface area contributed by atoms with E-state index in [9.17, 15) is 5.26 Å². The maximum atomic E-state index is 9.26. The number of aryl methyl sites for hydroxylation is 1. The van der Waals surface area contributed by atoms with E-state index in [2.05, 4.69) is 28.1 Å². The van der Waals surface area contributed by atoms with Crippen molar-refractivity contribution < 1.29 is 4.74 Å². The molecule has 0 saturated carbocycles. The van der Waals surface area contributed by atoms with Gasteiger partial charge in [0, 0.05) is 24.3 Å². The van der Waals surface area contributed by atoms with Gasteiger partial charge in [-0.05, 0) is 18.6 Å². The highest BCUT2D eigenvalue weighted by molar-refractivity contribution is 6.30. The molecule has 3 aromatic rings. The number of halogens is 1. The summed E-state index contributed by atoms with van der Waals surface area (Å²) in [7, 11) is 1.83. The van der Waals surface area contributed by atoms with Gasteiger partial charge >= 0.3 is 0 Å². The quantitative estimate of drug-likeness (QED) is 0.705. The highest BCUT2D eigenvalue weighted by Crippen LogP contribution is 2.29. The van der Waals surface area contributed by atoms with E-state index >= 15 is 0 Å². The zero-order chi connectivity index (χ0) is 17.1. The van der Waals surface area contributed by atoms with Crippen LogP contribution in [0.2, 0.25) is 5.02 Å². The van der Waals surface area contributed by atoms with Crippen molar-refractivity contribution in [2.75, 3.05) is 0 Å². The maximum Gasteiger partial charge on any atom is 0.171 e. The zero-order valence-electron chi connectivity index (χ0n) is 13.4. The molecule has 0 bridgehead atoms. The summed E-state index contributed by atoms with van der Waals surface area (Å²) in [5.74, 6) is 1.01. The Hall–Kier alpha value is -2.65. The molecule has 2 heterocycles. The molecule has 0 amide bonds. The van der Waals surface area contributed by atoms with E-state index in [0.717, 1.165) is 23.9 Å². The Balaban J connectivity index is 1.98. The Labute approximate surface area is 144 Å². The third-order valence-corrected chi connectivity index (χ3v) is 3.90. The summed E-state index contributed by atoms with van der Waals surface area (Å²) >= 11 is 6.03. The lowest BCUT2D eigenvalue weighted by atomic mass is 10.1. The van der Waals surface area contributed by atoms with Gasteiger partial charge in [-0.3, -0.25) is 4.68 Å². The molecule has 0 aliphatic carbocycles. The van der Waals surface area contributed by atoms with E-state index < -0.39 is 0 Å². The molecule has 0 spiro atoms. The summed E-state index contributed by atoms with van der Waals surface area (Å²) in [4.78, 5) is 8.98. The molecular weight excluding hydrogens is 326 g/mol. The molecule has 3 rings (SSSR count). The van der Waals surface area contributed by atoms with Crippen molar-refractivity contribution in [2.24, 2.45) is 7.05 Å². The van der Waals surface area contributed by atoms with Crippen LogP contribution in [0.15, 0.2) is 30.6 Å². The fraction of sp³-hybridized carbons (Fsp3) is 0.294. The predicted molar refractivity (Wildman–Crippen MR) is 90.7 cm³/mol. The van der Waals surface area contributed by atoms with Crippen molar-refractivity contribution in [3.8, 4) is 11.8 Å². The van der Waals surface area contributed by atoms with Crippen LogP contribution in [0.3, 0.4) is 0 Å². The van der Waals surface area contributed by atoms with Crippen molar-refractivity contribution in [2.45, 2.75) is 25.9 Å². The molecule has 7 heteroatoms. The monoisotopic (exact) mass is 341 g/mol. The molecule has 122 valence electrons. The van der Waals surface area contributed by atoms with Gasteiger partial charge in [0.1, 0.15) is 11.8 Å². The summed E-state index contributed by atoms with van der Waals surface area (Å²) in [6.45, 7) is 2.06. The number of nitriles is 1. The summed E-state index contributed by atoms with van der Waals surface area (Å²) in [6, 6.07) is 7.07. The third kappa shape index (κ3) is 3.17. The molecule has 0 aliphatic heterocycles. The molecule has 2 aromatic heterocycles. The normalized spacial score (nSPS) is 12.1. The highest BCUT2D eigenvalue weighted by atomic mass is 35.5. The smallest absolute Gasteiger partial charge is 0.171 e. The van der Waals surface area contributed by atoms with E-state index in [0.29, 0.717) is 22.2 Å². The molecule has 0 radical (unpaired) electrons. The van der Waals surface area contributed by atoms with Crippen LogP contribution < -0.4 is 4.74 Å². The first-order chi connectivity index (χ1) is 11.6. The Bertz CT molecular complexity index is 915. The van der Waals surface area contributed by atoms with Crippen LogP contribution in [0.5, 0.6) is 5.75 Å². The molecule has 6 nitrogen and oxygen atoms in total. The number of hydrogen-bond donors (Lipinski definition) is 0. The van der Waals surface area contributed by atoms with Gasteiger partial charge in [0.2, 0.25) is 0 Å². The number of rotatable bonds is 5. The van der Waals surface area contributed by atoms with Crippen molar-refractivity contribution in [1.82, 2.24) is 19.7 Å². The van der Waals surface area contributed by atoms with Gasteiger partial charge in [-0.25, -0.2) is 9.97 Å². The maximum absolute atomic E-state index is 9.26. The number of hydrogen-bond acceptors (Lipinski definition) is 5. The molecule has 0 fully saturated rings. The third-order valence-electron chi connectivity index (χ3n) is 3.66. The highest BCUT2D eigenvalue weighted by Gasteiger charge is 2.19. The Morgan fingerprint density at radius 1 is 1.38 bits per heavy atom. The molecule has 0 saturated heterocycles. The van der Waals surface area contributed by atoms with E-state index in [1.54, 1.807) is 35.3 Å². The van der Waals surface area contributed by atoms with Crippen LogP contribution in [-0.4, -0.2) is 19.7 Å². The molecule has 24 heavy (non-hydrogen) atoms. The average Bonchev–Trinajstić information content (AvgIpc) is 2.95. The van der Waals surface area contributed by atoms with Gasteiger partial charge in [-0.15, -0.1) is 0 Å². The first-order valence-electron chi connectivity index (χ1n) is 7.63. The zero-order valence-corrected chi connectivity index (χ0v) is 14.2. The van der Waals surface area contributed by atoms with Crippen molar-refractivity contribution >= 4 is 22.6 Å². The van der Waals surface area contributed by atoms with Crippen LogP contribution in [0, 0.1) is 11.3 Å². The SMILES string of the molecule is CCCC(Oc1cc(Cl)ccc1C#N)c1ncc2cnn(C)c2n1. The molecule has 0 N–H and O–H groups in total. The van der Waals surface area contributed by atoms with E-state index in [1.807, 2.05) is 7.05 Å². The average molecular weight is 342 g/mol. The van der Waals surface area contributed by atoms with Crippen molar-refractivity contribution in [3.05, 3.63) is 47.0 Å². The van der Waals surface area contributed by atoms with Gasteiger partial charge in [-0.1, -0.05) is 24.9 Å². The standard InChI is InChI=1S/C17H16ClN5O/c1-3-4-14(24-15-7-13(18)6-5-11(15)8-19)16-20-9-12-10-21-23(2)17(12)22-16/h5-7,9-10,14H,3-4H2,1-2H3. The lowest BCUT2D eigenvalue weighted by molar-refractivity contribution is 0.183. The van der Waals surface area contributed by atoms with Crippen LogP contribution in [0.1, 0.15) is 37.3 Å². The largest absolute Gasteiger partial charge is 0.481 e. The number of benzene rings is 1. The minimum atomic E-state index is -0.361. The summed E-state index contributed by atoms with van der Waals surface area (Å²) in [6.07, 6.45) is 4.71. The van der Waals surface area contributed by atoms with Gasteiger partial charge in [-0.2, -0.15) is 10.4 Å². The fourth-order valence-electron chi connectivity index (χ4n) is 2.45. The fourth-order valence-corrected chi connectivity index (χ4v) is 2.61. The van der Waals surface area contributed by atoms with E-state index in [-0.39, 0.29) is 6.10 Å². The van der Waals surface area contributed by atoms with E-state index in [1.165, 1.54) is 0 Å². The number of aromatic nitrogens is 4. The summed E-state index contributed by atoms with van der Waals surface area (Å²) < 4.78 is 7.75. The van der Waals surface area contributed by atoms with Crippen molar-refractivity contribution in [3.63, 3.8) is 0 Å². The predicted octanol–water partition coefficient (Wildman–Crippen LogP) is 3.81. The first kappa shape index (κ1) is 16.2. The number of ether oxygens (including phenoxy) is 1. The van der Waals surface area contributed by atoms with E-state index in [4.69, 9.17) is 16.3 Å². The van der Waals surface area contributed by atoms with Crippen LogP contribution in [0.4, 0.5) is 0 Å². The minimum Gasteiger partial charge on any atom is -0.481 e. The number of fused-ring (bicyclic) bond motifs is 1. The minimum absolute atomic E-state index is 0.361. The summed E-state index contributed by atoms with van der Waals surface area (Å²) in [5, 5.41) is 14.8. The first-order valence-corrected chi connectivity index (χ1v) is 8.01. The topological polar surface area (TPSA) is 76.6 Å². The second-order valence-corrected chi connectivity index (χ2v) is 5.86. The Morgan fingerprint density at radius 2 is 2.21 bits per heavy atom. The molecule has 1 unspecified atom stereocenters. The Morgan fingerprint density at radius 3 is 2.96 bits per heavy atom. The second kappa shape index (κ2) is 6.85. The lowest BCUT2D eigenvalue weighted by Gasteiger charge is -2.18. The van der Waals surface area contributed by atoms with Gasteiger partial charge in [0.05, 0.1) is 17.1 Å². The van der Waals surface area contributed by atoms with Crippen LogP contribution in [-0.2, 0) is 7.05 Å².